The molecule has 0 radical (unpaired) electrons. The lowest BCUT2D eigenvalue weighted by atomic mass is 10.2. The van der Waals surface area contributed by atoms with E-state index in [4.69, 9.17) is 5.11 Å². The Balaban J connectivity index is 2.12. The van der Waals surface area contributed by atoms with E-state index in [9.17, 15) is 13.2 Å². The Kier molecular flexibility index (Phi) is 4.56. The van der Waals surface area contributed by atoms with Gasteiger partial charge in [-0.05, 0) is 29.2 Å². The van der Waals surface area contributed by atoms with Crippen LogP contribution in [-0.4, -0.2) is 29.3 Å². The van der Waals surface area contributed by atoms with E-state index < -0.39 is 16.0 Å². The number of nitrogens with one attached hydrogen (secondary N) is 1. The van der Waals surface area contributed by atoms with Crippen molar-refractivity contribution in [3.8, 4) is 0 Å². The summed E-state index contributed by atoms with van der Waals surface area (Å²) < 4.78 is 28.0. The van der Waals surface area contributed by atoms with Crippen LogP contribution in [0.25, 0.3) is 6.08 Å². The number of aromatic nitrogens is 2. The number of aryl methyl sites for hydroxylation is 1. The van der Waals surface area contributed by atoms with Gasteiger partial charge in [0.2, 0.25) is 0 Å². The smallest absolute Gasteiger partial charge is 0.328 e. The lowest BCUT2D eigenvalue weighted by molar-refractivity contribution is -0.131. The zero-order chi connectivity index (χ0) is 15.5. The summed E-state index contributed by atoms with van der Waals surface area (Å²) in [6.07, 6.45) is 3.86. The Bertz CT molecular complexity index is 774. The molecule has 0 aliphatic carbocycles. The molecule has 0 unspecified atom stereocenters. The normalized spacial score (nSPS) is 12.0. The second-order valence-corrected chi connectivity index (χ2v) is 6.80. The highest BCUT2D eigenvalue weighted by atomic mass is 32.2. The van der Waals surface area contributed by atoms with Crippen molar-refractivity contribution in [2.24, 2.45) is 7.05 Å². The van der Waals surface area contributed by atoms with Crippen LogP contribution in [0.5, 0.6) is 0 Å². The molecule has 2 rings (SSSR count). The van der Waals surface area contributed by atoms with Gasteiger partial charge in [-0.25, -0.2) is 17.9 Å². The summed E-state index contributed by atoms with van der Waals surface area (Å²) in [5, 5.41) is 14.3. The lowest BCUT2D eigenvalue weighted by Gasteiger charge is -2.06. The van der Waals surface area contributed by atoms with E-state index in [-0.39, 0.29) is 11.6 Å². The number of carboxylic acids is 1. The van der Waals surface area contributed by atoms with Gasteiger partial charge in [0, 0.05) is 24.5 Å². The standard InChI is InChI=1S/C12H13N3O4S2/c1-15-11(4-6-13-15)21(18,19)14-8-10-9(5-7-20-10)2-3-12(16)17/h2-7,14H,8H2,1H3,(H,16,17)/b3-2+. The number of rotatable bonds is 6. The Morgan fingerprint density at radius 1 is 1.52 bits per heavy atom. The molecule has 0 fully saturated rings. The van der Waals surface area contributed by atoms with Gasteiger partial charge in [0.1, 0.15) is 0 Å². The topological polar surface area (TPSA) is 101 Å². The van der Waals surface area contributed by atoms with E-state index in [0.717, 1.165) is 11.0 Å². The summed E-state index contributed by atoms with van der Waals surface area (Å²) in [4.78, 5) is 11.2. The molecule has 0 aliphatic heterocycles. The molecule has 21 heavy (non-hydrogen) atoms. The molecule has 9 heteroatoms. The Morgan fingerprint density at radius 3 is 2.90 bits per heavy atom. The molecule has 2 N–H and O–H groups in total. The third-order valence-electron chi connectivity index (χ3n) is 2.66. The number of carboxylic acid groups (broad SMARTS) is 1. The van der Waals surface area contributed by atoms with Gasteiger partial charge in [-0.2, -0.15) is 5.10 Å². The van der Waals surface area contributed by atoms with Gasteiger partial charge in [-0.15, -0.1) is 11.3 Å². The molecular weight excluding hydrogens is 314 g/mol. The number of thiophene rings is 1. The minimum absolute atomic E-state index is 0.0710. The van der Waals surface area contributed by atoms with Crippen molar-refractivity contribution in [3.05, 3.63) is 40.2 Å². The molecule has 0 saturated carbocycles. The van der Waals surface area contributed by atoms with Gasteiger partial charge in [-0.1, -0.05) is 0 Å². The molecule has 2 heterocycles. The van der Waals surface area contributed by atoms with Gasteiger partial charge in [0.05, 0.1) is 6.20 Å². The molecule has 2 aromatic heterocycles. The lowest BCUT2D eigenvalue weighted by Crippen LogP contribution is -2.25. The molecule has 0 aliphatic rings. The van der Waals surface area contributed by atoms with Crippen LogP contribution < -0.4 is 4.72 Å². The molecule has 0 saturated heterocycles. The van der Waals surface area contributed by atoms with E-state index in [1.54, 1.807) is 18.5 Å². The fraction of sp³-hybridized carbons (Fsp3) is 0.167. The predicted octanol–water partition coefficient (Wildman–Crippen LogP) is 1.06. The van der Waals surface area contributed by atoms with Crippen molar-refractivity contribution < 1.29 is 18.3 Å². The van der Waals surface area contributed by atoms with Crippen LogP contribution in [0.4, 0.5) is 0 Å². The maximum absolute atomic E-state index is 12.1. The SMILES string of the molecule is Cn1nccc1S(=O)(=O)NCc1sccc1/C=C/C(=O)O. The van der Waals surface area contributed by atoms with Gasteiger partial charge in [-0.3, -0.25) is 4.68 Å². The van der Waals surface area contributed by atoms with Crippen LogP contribution in [0.15, 0.2) is 34.8 Å². The van der Waals surface area contributed by atoms with Crippen molar-refractivity contribution >= 4 is 33.4 Å². The predicted molar refractivity (Wildman–Crippen MR) is 78.2 cm³/mol. The van der Waals surface area contributed by atoms with E-state index in [1.165, 1.54) is 34.4 Å². The number of sulfonamides is 1. The van der Waals surface area contributed by atoms with Crippen LogP contribution in [0, 0.1) is 0 Å². The minimum Gasteiger partial charge on any atom is -0.478 e. The average Bonchev–Trinajstić information content (AvgIpc) is 3.02. The quantitative estimate of drug-likeness (QED) is 0.773. The van der Waals surface area contributed by atoms with Gasteiger partial charge in [0.15, 0.2) is 5.03 Å². The first-order valence-corrected chi connectivity index (χ1v) is 8.21. The minimum atomic E-state index is -3.66. The van der Waals surface area contributed by atoms with Gasteiger partial charge >= 0.3 is 5.97 Å². The first-order chi connectivity index (χ1) is 9.90. The summed E-state index contributed by atoms with van der Waals surface area (Å²) in [5.41, 5.74) is 0.676. The Morgan fingerprint density at radius 2 is 2.29 bits per heavy atom. The number of aliphatic carboxylic acids is 1. The van der Waals surface area contributed by atoms with E-state index in [1.807, 2.05) is 0 Å². The summed E-state index contributed by atoms with van der Waals surface area (Å²) in [5.74, 6) is -1.05. The van der Waals surface area contributed by atoms with Crippen molar-refractivity contribution in [2.75, 3.05) is 0 Å². The maximum atomic E-state index is 12.1. The van der Waals surface area contributed by atoms with Crippen LogP contribution >= 0.6 is 11.3 Å². The molecule has 0 aromatic carbocycles. The second-order valence-electron chi connectivity index (χ2n) is 4.09. The molecule has 7 nitrogen and oxygen atoms in total. The third-order valence-corrected chi connectivity index (χ3v) is 5.07. The molecule has 0 amide bonds. The zero-order valence-electron chi connectivity index (χ0n) is 11.1. The fourth-order valence-corrected chi connectivity index (χ4v) is 3.68. The molecule has 112 valence electrons. The van der Waals surface area contributed by atoms with Crippen LogP contribution in [0.1, 0.15) is 10.4 Å². The summed E-state index contributed by atoms with van der Waals surface area (Å²) in [6.45, 7) is 0.0878. The van der Waals surface area contributed by atoms with E-state index in [2.05, 4.69) is 9.82 Å². The molecule has 0 bridgehead atoms. The Labute approximate surface area is 125 Å². The van der Waals surface area contributed by atoms with Crippen LogP contribution in [0.2, 0.25) is 0 Å². The summed E-state index contributed by atoms with van der Waals surface area (Å²) in [7, 11) is -2.11. The van der Waals surface area contributed by atoms with Gasteiger partial charge in [0.25, 0.3) is 10.0 Å². The molecule has 0 atom stereocenters. The van der Waals surface area contributed by atoms with Crippen molar-refractivity contribution in [1.29, 1.82) is 0 Å². The Hall–Kier alpha value is -1.97. The zero-order valence-corrected chi connectivity index (χ0v) is 12.7. The number of carbonyl (C=O) groups is 1. The van der Waals surface area contributed by atoms with Crippen LogP contribution in [-0.2, 0) is 28.4 Å². The molecular formula is C12H13N3O4S2. The highest BCUT2D eigenvalue weighted by Gasteiger charge is 2.18. The number of hydrogen-bond donors (Lipinski definition) is 2. The van der Waals surface area contributed by atoms with E-state index in [0.29, 0.717) is 5.56 Å². The summed E-state index contributed by atoms with van der Waals surface area (Å²) >= 11 is 1.35. The highest BCUT2D eigenvalue weighted by Crippen LogP contribution is 2.19. The number of nitrogens with zero attached hydrogens (tertiary/aromatic N) is 2. The largest absolute Gasteiger partial charge is 0.478 e. The van der Waals surface area contributed by atoms with Crippen LogP contribution in [0.3, 0.4) is 0 Å². The monoisotopic (exact) mass is 327 g/mol. The fourth-order valence-electron chi connectivity index (χ4n) is 1.66. The van der Waals surface area contributed by atoms with Crippen molar-refractivity contribution in [2.45, 2.75) is 11.6 Å². The van der Waals surface area contributed by atoms with E-state index >= 15 is 0 Å². The van der Waals surface area contributed by atoms with Crippen molar-refractivity contribution in [3.63, 3.8) is 0 Å². The highest BCUT2D eigenvalue weighted by molar-refractivity contribution is 7.89. The first kappa shape index (κ1) is 15.4. The average molecular weight is 327 g/mol. The maximum Gasteiger partial charge on any atom is 0.328 e. The number of hydrogen-bond acceptors (Lipinski definition) is 5. The molecule has 2 aromatic rings. The first-order valence-electron chi connectivity index (χ1n) is 5.85. The van der Waals surface area contributed by atoms with Crippen molar-refractivity contribution in [1.82, 2.24) is 14.5 Å². The second kappa shape index (κ2) is 6.20. The third kappa shape index (κ3) is 3.78. The summed E-state index contributed by atoms with van der Waals surface area (Å²) in [6, 6.07) is 3.14. The molecule has 0 spiro atoms. The van der Waals surface area contributed by atoms with Gasteiger partial charge < -0.3 is 5.11 Å².